The highest BCUT2D eigenvalue weighted by Gasteiger charge is 2.04. The van der Waals surface area contributed by atoms with E-state index < -0.39 is 10.1 Å². The fraction of sp³-hybridized carbons (Fsp3) is 0.154. The van der Waals surface area contributed by atoms with Crippen LogP contribution >= 0.6 is 15.9 Å². The maximum atomic E-state index is 12.4. The smallest absolute Gasteiger partial charge is 0.235 e. The fourth-order valence-electron chi connectivity index (χ4n) is 1.55. The van der Waals surface area contributed by atoms with Gasteiger partial charge in [-0.25, -0.2) is 14.3 Å². The molecule has 0 spiro atoms. The molecule has 0 saturated carbocycles. The number of halogens is 2. The molecule has 0 unspecified atom stereocenters. The first-order chi connectivity index (χ1) is 9.61. The van der Waals surface area contributed by atoms with Gasteiger partial charge < -0.3 is 4.55 Å². The van der Waals surface area contributed by atoms with Crippen molar-refractivity contribution < 1.29 is 22.0 Å². The molecule has 0 bridgehead atoms. The highest BCUT2D eigenvalue weighted by atomic mass is 79.9. The van der Waals surface area contributed by atoms with Crippen molar-refractivity contribution in [2.45, 2.75) is 18.7 Å². The summed E-state index contributed by atoms with van der Waals surface area (Å²) in [6.07, 6.45) is 2.73. The maximum Gasteiger partial charge on any atom is 0.235 e. The molecule has 0 aliphatic heterocycles. The molecule has 1 aromatic carbocycles. The molecule has 0 aliphatic rings. The number of hydrogen-bond acceptors (Lipinski definition) is 4. The van der Waals surface area contributed by atoms with Gasteiger partial charge in [-0.05, 0) is 41.4 Å². The Morgan fingerprint density at radius 1 is 1.29 bits per heavy atom. The molecule has 2 N–H and O–H groups in total. The molecule has 0 amide bonds. The molecule has 0 saturated heterocycles. The van der Waals surface area contributed by atoms with E-state index in [-0.39, 0.29) is 10.7 Å². The molecule has 5 nitrogen and oxygen atoms in total. The Bertz CT molecular complexity index is 751. The number of benzene rings is 1. The zero-order valence-electron chi connectivity index (χ0n) is 11.4. The molecule has 0 atom stereocenters. The second-order valence-corrected chi connectivity index (χ2v) is 6.51. The number of nitrogens with two attached hydrogens (primary N) is 1. The van der Waals surface area contributed by atoms with Crippen LogP contribution in [0.2, 0.25) is 0 Å². The minimum absolute atomic E-state index is 0.131. The molecule has 2 aromatic rings. The first-order valence-corrected chi connectivity index (χ1v) is 7.96. The van der Waals surface area contributed by atoms with E-state index >= 15 is 0 Å². The second kappa shape index (κ2) is 6.97. The number of aromatic nitrogens is 1. The quantitative estimate of drug-likeness (QED) is 0.466. The number of aryl methyl sites for hydroxylation is 2. The minimum atomic E-state index is -4.30. The van der Waals surface area contributed by atoms with Crippen LogP contribution in [0, 0.1) is 19.7 Å². The first-order valence-electron chi connectivity index (χ1n) is 5.76. The summed E-state index contributed by atoms with van der Waals surface area (Å²) in [6, 6.07) is 6.16. The maximum absolute atomic E-state index is 12.4. The normalized spacial score (nSPS) is 10.7. The first kappa shape index (κ1) is 17.5. The third kappa shape index (κ3) is 5.41. The molecule has 0 radical (unpaired) electrons. The predicted octanol–water partition coefficient (Wildman–Crippen LogP) is 1.80. The van der Waals surface area contributed by atoms with E-state index in [0.29, 0.717) is 10.0 Å². The molecule has 8 heteroatoms. The second-order valence-electron chi connectivity index (χ2n) is 4.31. The summed E-state index contributed by atoms with van der Waals surface area (Å²) < 4.78 is 45.8. The summed E-state index contributed by atoms with van der Waals surface area (Å²) in [7, 11) is -4.30. The van der Waals surface area contributed by atoms with E-state index in [1.54, 1.807) is 25.3 Å². The summed E-state index contributed by atoms with van der Waals surface area (Å²) in [5, 5.41) is 0. The number of rotatable bonds is 1. The van der Waals surface area contributed by atoms with Crippen molar-refractivity contribution in [2.75, 3.05) is 5.84 Å². The standard InChI is InChI=1S/C8H10O3S.C5H5BrFN2/c1-6-3-4-8(7(2)5-6)12(9,10)11;6-4-1-2-9(8)3-5(4)7/h3-5H,1-2H3,(H,9,10,11);1-3H,8H2/q;+1/p-1. The number of hydrogen-bond donors (Lipinski definition) is 1. The Hall–Kier alpha value is -1.51. The molecule has 114 valence electrons. The monoisotopic (exact) mass is 376 g/mol. The van der Waals surface area contributed by atoms with Crippen LogP contribution in [-0.2, 0) is 10.1 Å². The van der Waals surface area contributed by atoms with Crippen molar-refractivity contribution in [3.05, 3.63) is 58.1 Å². The van der Waals surface area contributed by atoms with Crippen molar-refractivity contribution in [1.82, 2.24) is 0 Å². The van der Waals surface area contributed by atoms with E-state index in [2.05, 4.69) is 15.9 Å². The Morgan fingerprint density at radius 2 is 1.90 bits per heavy atom. The van der Waals surface area contributed by atoms with Gasteiger partial charge in [0.25, 0.3) is 0 Å². The average molecular weight is 377 g/mol. The Labute approximate surface area is 131 Å². The number of nitrogen functional groups attached to an aromatic ring is 1. The molecule has 1 heterocycles. The van der Waals surface area contributed by atoms with Crippen LogP contribution in [0.15, 0.2) is 46.0 Å². The predicted molar refractivity (Wildman–Crippen MR) is 78.3 cm³/mol. The lowest BCUT2D eigenvalue weighted by Gasteiger charge is -2.10. The summed E-state index contributed by atoms with van der Waals surface area (Å²) in [4.78, 5) is -0.131. The Morgan fingerprint density at radius 3 is 2.33 bits per heavy atom. The highest BCUT2D eigenvalue weighted by molar-refractivity contribution is 9.10. The summed E-state index contributed by atoms with van der Waals surface area (Å²) in [5.74, 6) is 4.82. The molecule has 0 aliphatic carbocycles. The van der Waals surface area contributed by atoms with Crippen LogP contribution in [0.25, 0.3) is 0 Å². The van der Waals surface area contributed by atoms with Crippen LogP contribution in [0.5, 0.6) is 0 Å². The molecule has 21 heavy (non-hydrogen) atoms. The minimum Gasteiger partial charge on any atom is -0.744 e. The van der Waals surface area contributed by atoms with E-state index in [1.807, 2.05) is 6.92 Å². The van der Waals surface area contributed by atoms with Gasteiger partial charge in [-0.15, -0.1) is 0 Å². The van der Waals surface area contributed by atoms with Crippen molar-refractivity contribution in [3.8, 4) is 0 Å². The zero-order chi connectivity index (χ0) is 16.2. The van der Waals surface area contributed by atoms with E-state index in [4.69, 9.17) is 5.84 Å². The summed E-state index contributed by atoms with van der Waals surface area (Å²) in [5.41, 5.74) is 1.45. The summed E-state index contributed by atoms with van der Waals surface area (Å²) in [6.45, 7) is 3.45. The van der Waals surface area contributed by atoms with Gasteiger partial charge >= 0.3 is 0 Å². The molecule has 1 aromatic heterocycles. The van der Waals surface area contributed by atoms with Crippen molar-refractivity contribution in [3.63, 3.8) is 0 Å². The van der Waals surface area contributed by atoms with Gasteiger partial charge in [0, 0.05) is 6.07 Å². The van der Waals surface area contributed by atoms with Crippen LogP contribution < -0.4 is 10.5 Å². The van der Waals surface area contributed by atoms with E-state index in [0.717, 1.165) is 10.2 Å². The SMILES string of the molecule is Cc1ccc(S(=O)(=O)[O-])c(C)c1.N[n+]1ccc(Br)c(F)c1. The zero-order valence-corrected chi connectivity index (χ0v) is 13.8. The van der Waals surface area contributed by atoms with Crippen LogP contribution in [-0.4, -0.2) is 13.0 Å². The van der Waals surface area contributed by atoms with Gasteiger partial charge in [-0.1, -0.05) is 22.4 Å². The van der Waals surface area contributed by atoms with Gasteiger partial charge in [0.1, 0.15) is 10.1 Å². The van der Waals surface area contributed by atoms with Gasteiger partial charge in [0.05, 0.1) is 9.37 Å². The van der Waals surface area contributed by atoms with Gasteiger partial charge in [0.2, 0.25) is 18.2 Å². The lowest BCUT2D eigenvalue weighted by molar-refractivity contribution is -0.640. The molecular weight excluding hydrogens is 363 g/mol. The van der Waals surface area contributed by atoms with Crippen LogP contribution in [0.3, 0.4) is 0 Å². The number of nitrogens with zero attached hydrogens (tertiary/aromatic N) is 1. The molecular formula is C13H14BrFN2O3S. The average Bonchev–Trinajstić information content (AvgIpc) is 2.33. The lowest BCUT2D eigenvalue weighted by Crippen LogP contribution is -2.43. The van der Waals surface area contributed by atoms with Gasteiger partial charge in [0.15, 0.2) is 0 Å². The lowest BCUT2D eigenvalue weighted by atomic mass is 10.2. The van der Waals surface area contributed by atoms with E-state index in [1.165, 1.54) is 18.3 Å². The molecule has 2 rings (SSSR count). The largest absolute Gasteiger partial charge is 0.744 e. The fourth-order valence-corrected chi connectivity index (χ4v) is 2.46. The Balaban J connectivity index is 0.000000219. The highest BCUT2D eigenvalue weighted by Crippen LogP contribution is 2.15. The summed E-state index contributed by atoms with van der Waals surface area (Å²) >= 11 is 2.99. The Kier molecular flexibility index (Phi) is 5.82. The van der Waals surface area contributed by atoms with E-state index in [9.17, 15) is 17.4 Å². The van der Waals surface area contributed by atoms with Gasteiger partial charge in [-0.3, -0.25) is 0 Å². The third-order valence-electron chi connectivity index (χ3n) is 2.48. The molecule has 0 fully saturated rings. The number of pyridine rings is 1. The van der Waals surface area contributed by atoms with Crippen molar-refractivity contribution >= 4 is 26.0 Å². The van der Waals surface area contributed by atoms with Crippen LogP contribution in [0.4, 0.5) is 4.39 Å². The van der Waals surface area contributed by atoms with Gasteiger partial charge in [-0.2, -0.15) is 4.39 Å². The van der Waals surface area contributed by atoms with Crippen LogP contribution in [0.1, 0.15) is 11.1 Å². The van der Waals surface area contributed by atoms with Crippen molar-refractivity contribution in [2.24, 2.45) is 0 Å². The topological polar surface area (TPSA) is 87.1 Å². The van der Waals surface area contributed by atoms with Crippen molar-refractivity contribution in [1.29, 1.82) is 0 Å². The third-order valence-corrected chi connectivity index (χ3v) is 4.12.